The molecule has 120 valence electrons. The van der Waals surface area contributed by atoms with E-state index in [1.165, 1.54) is 24.5 Å². The van der Waals surface area contributed by atoms with Gasteiger partial charge in [-0.15, -0.1) is 0 Å². The second-order valence-electron chi connectivity index (χ2n) is 4.91. The van der Waals surface area contributed by atoms with Crippen LogP contribution in [0.15, 0.2) is 42.9 Å². The standard InChI is InChI=1S/C15H11F4N3O/c16-11-6-20-5-10-12(7-21-13(10)11)22-14(23)8-1-3-9(4-2-8)15(17,18)19/h1-7,14,21-23H. The molecule has 1 unspecified atom stereocenters. The first-order valence-electron chi connectivity index (χ1n) is 6.58. The molecule has 0 spiro atoms. The molecule has 0 aliphatic heterocycles. The molecular formula is C15H11F4N3O. The predicted octanol–water partition coefficient (Wildman–Crippen LogP) is 3.82. The summed E-state index contributed by atoms with van der Waals surface area (Å²) >= 11 is 0. The molecule has 2 heterocycles. The Morgan fingerprint density at radius 2 is 1.83 bits per heavy atom. The highest BCUT2D eigenvalue weighted by Crippen LogP contribution is 2.31. The highest BCUT2D eigenvalue weighted by molar-refractivity contribution is 5.91. The molecule has 3 rings (SSSR count). The number of aliphatic hydroxyl groups excluding tert-OH is 1. The maximum absolute atomic E-state index is 13.5. The summed E-state index contributed by atoms with van der Waals surface area (Å²) in [6.45, 7) is 0. The van der Waals surface area contributed by atoms with Crippen LogP contribution in [0.4, 0.5) is 23.2 Å². The van der Waals surface area contributed by atoms with E-state index >= 15 is 0 Å². The predicted molar refractivity (Wildman–Crippen MR) is 76.1 cm³/mol. The van der Waals surface area contributed by atoms with Crippen LogP contribution < -0.4 is 5.32 Å². The number of pyridine rings is 1. The van der Waals surface area contributed by atoms with Gasteiger partial charge in [-0.05, 0) is 12.1 Å². The largest absolute Gasteiger partial charge is 0.416 e. The van der Waals surface area contributed by atoms with Crippen molar-refractivity contribution in [3.05, 3.63) is 59.8 Å². The Kier molecular flexibility index (Phi) is 3.69. The van der Waals surface area contributed by atoms with Gasteiger partial charge >= 0.3 is 6.18 Å². The van der Waals surface area contributed by atoms with E-state index in [4.69, 9.17) is 0 Å². The van der Waals surface area contributed by atoms with Crippen LogP contribution in [0.3, 0.4) is 0 Å². The Hall–Kier alpha value is -2.61. The molecule has 3 aromatic rings. The smallest absolute Gasteiger partial charge is 0.369 e. The highest BCUT2D eigenvalue weighted by Gasteiger charge is 2.30. The lowest BCUT2D eigenvalue weighted by molar-refractivity contribution is -0.137. The molecule has 23 heavy (non-hydrogen) atoms. The summed E-state index contributed by atoms with van der Waals surface area (Å²) in [5.74, 6) is -0.542. The quantitative estimate of drug-likeness (QED) is 0.507. The summed E-state index contributed by atoms with van der Waals surface area (Å²) in [7, 11) is 0. The fourth-order valence-electron chi connectivity index (χ4n) is 2.21. The number of benzene rings is 1. The Labute approximate surface area is 127 Å². The molecule has 0 aliphatic rings. The number of alkyl halides is 3. The van der Waals surface area contributed by atoms with E-state index in [1.54, 1.807) is 0 Å². The van der Waals surface area contributed by atoms with Gasteiger partial charge < -0.3 is 15.4 Å². The molecule has 0 saturated carbocycles. The van der Waals surface area contributed by atoms with E-state index in [0.717, 1.165) is 18.3 Å². The van der Waals surface area contributed by atoms with Crippen molar-refractivity contribution in [2.24, 2.45) is 0 Å². The fourth-order valence-corrected chi connectivity index (χ4v) is 2.21. The third-order valence-corrected chi connectivity index (χ3v) is 3.40. The van der Waals surface area contributed by atoms with Gasteiger partial charge in [0.15, 0.2) is 12.0 Å². The van der Waals surface area contributed by atoms with E-state index in [2.05, 4.69) is 15.3 Å². The van der Waals surface area contributed by atoms with Crippen LogP contribution in [0.1, 0.15) is 17.4 Å². The number of anilines is 1. The zero-order chi connectivity index (χ0) is 16.6. The molecule has 0 aliphatic carbocycles. The summed E-state index contributed by atoms with van der Waals surface area (Å²) in [5.41, 5.74) is 0.0602. The van der Waals surface area contributed by atoms with Gasteiger partial charge in [0.1, 0.15) is 0 Å². The Morgan fingerprint density at radius 3 is 2.48 bits per heavy atom. The zero-order valence-corrected chi connectivity index (χ0v) is 11.5. The van der Waals surface area contributed by atoms with Crippen molar-refractivity contribution in [3.8, 4) is 0 Å². The van der Waals surface area contributed by atoms with Crippen molar-refractivity contribution in [3.63, 3.8) is 0 Å². The molecule has 8 heteroatoms. The average molecular weight is 325 g/mol. The topological polar surface area (TPSA) is 60.9 Å². The molecule has 4 nitrogen and oxygen atoms in total. The van der Waals surface area contributed by atoms with Gasteiger partial charge in [-0.25, -0.2) is 4.39 Å². The molecule has 1 atom stereocenters. The van der Waals surface area contributed by atoms with Crippen molar-refractivity contribution in [1.29, 1.82) is 0 Å². The lowest BCUT2D eigenvalue weighted by atomic mass is 10.1. The molecule has 0 fully saturated rings. The number of aliphatic hydroxyl groups is 1. The molecule has 3 N–H and O–H groups in total. The minimum atomic E-state index is -4.43. The van der Waals surface area contributed by atoms with Crippen LogP contribution in [-0.2, 0) is 6.18 Å². The number of fused-ring (bicyclic) bond motifs is 1. The van der Waals surface area contributed by atoms with Crippen LogP contribution >= 0.6 is 0 Å². The number of rotatable bonds is 3. The van der Waals surface area contributed by atoms with E-state index in [1.807, 2.05) is 0 Å². The fraction of sp³-hybridized carbons (Fsp3) is 0.133. The zero-order valence-electron chi connectivity index (χ0n) is 11.5. The van der Waals surface area contributed by atoms with E-state index in [-0.39, 0.29) is 11.1 Å². The van der Waals surface area contributed by atoms with Crippen LogP contribution in [0, 0.1) is 5.82 Å². The minimum absolute atomic E-state index is 0.224. The van der Waals surface area contributed by atoms with Gasteiger partial charge in [0.25, 0.3) is 0 Å². The van der Waals surface area contributed by atoms with E-state index in [0.29, 0.717) is 11.1 Å². The summed E-state index contributed by atoms with van der Waals surface area (Å²) in [5, 5.41) is 13.2. The highest BCUT2D eigenvalue weighted by atomic mass is 19.4. The number of hydrogen-bond acceptors (Lipinski definition) is 3. The lowest BCUT2D eigenvalue weighted by Gasteiger charge is -2.15. The van der Waals surface area contributed by atoms with Crippen LogP contribution in [0.25, 0.3) is 10.9 Å². The van der Waals surface area contributed by atoms with Gasteiger partial charge in [-0.3, -0.25) is 4.98 Å². The van der Waals surface area contributed by atoms with Gasteiger partial charge in [-0.2, -0.15) is 13.2 Å². The first-order valence-corrected chi connectivity index (χ1v) is 6.58. The van der Waals surface area contributed by atoms with Crippen LogP contribution in [0.2, 0.25) is 0 Å². The average Bonchev–Trinajstić information content (AvgIpc) is 2.91. The molecule has 0 radical (unpaired) electrons. The number of aromatic nitrogens is 2. The van der Waals surface area contributed by atoms with Crippen LogP contribution in [0.5, 0.6) is 0 Å². The third-order valence-electron chi connectivity index (χ3n) is 3.40. The van der Waals surface area contributed by atoms with Gasteiger partial charge in [0.05, 0.1) is 23.0 Å². The van der Waals surface area contributed by atoms with E-state index in [9.17, 15) is 22.7 Å². The Bertz CT molecular complexity index is 827. The Balaban J connectivity index is 1.83. The van der Waals surface area contributed by atoms with Crippen molar-refractivity contribution in [2.75, 3.05) is 5.32 Å². The first kappa shape index (κ1) is 15.3. The second kappa shape index (κ2) is 5.54. The summed E-state index contributed by atoms with van der Waals surface area (Å²) in [4.78, 5) is 6.43. The number of halogens is 4. The SMILES string of the molecule is OC(Nc1c[nH]c2c(F)cncc12)c1ccc(C(F)(F)F)cc1. The van der Waals surface area contributed by atoms with Gasteiger partial charge in [0.2, 0.25) is 0 Å². The minimum Gasteiger partial charge on any atom is -0.369 e. The summed E-state index contributed by atoms with van der Waals surface area (Å²) in [6, 6.07) is 4.12. The molecular weight excluding hydrogens is 314 g/mol. The van der Waals surface area contributed by atoms with Gasteiger partial charge in [-0.1, -0.05) is 12.1 Å². The second-order valence-corrected chi connectivity index (χ2v) is 4.91. The number of nitrogens with zero attached hydrogens (tertiary/aromatic N) is 1. The normalized spacial score (nSPS) is 13.3. The molecule has 0 bridgehead atoms. The molecule has 0 saturated heterocycles. The van der Waals surface area contributed by atoms with Crippen molar-refractivity contribution >= 4 is 16.6 Å². The number of aromatic amines is 1. The Morgan fingerprint density at radius 1 is 1.13 bits per heavy atom. The maximum atomic E-state index is 13.5. The monoisotopic (exact) mass is 325 g/mol. The number of hydrogen-bond donors (Lipinski definition) is 3. The summed E-state index contributed by atoms with van der Waals surface area (Å²) in [6.07, 6.45) is -1.77. The first-order chi connectivity index (χ1) is 10.9. The van der Waals surface area contributed by atoms with Crippen molar-refractivity contribution in [1.82, 2.24) is 9.97 Å². The van der Waals surface area contributed by atoms with Crippen molar-refractivity contribution < 1.29 is 22.7 Å². The van der Waals surface area contributed by atoms with E-state index < -0.39 is 23.8 Å². The van der Waals surface area contributed by atoms with Crippen LogP contribution in [-0.4, -0.2) is 15.1 Å². The molecule has 1 aromatic carbocycles. The number of H-pyrrole nitrogens is 1. The lowest BCUT2D eigenvalue weighted by Crippen LogP contribution is -2.10. The molecule has 0 amide bonds. The summed E-state index contributed by atoms with van der Waals surface area (Å²) < 4.78 is 51.1. The van der Waals surface area contributed by atoms with Gasteiger partial charge in [0, 0.05) is 23.3 Å². The third kappa shape index (κ3) is 2.98. The van der Waals surface area contributed by atoms with Crippen molar-refractivity contribution in [2.45, 2.75) is 12.4 Å². The number of nitrogens with one attached hydrogen (secondary N) is 2. The maximum Gasteiger partial charge on any atom is 0.416 e. The molecule has 2 aromatic heterocycles.